The normalized spacial score (nSPS) is 10.7. The highest BCUT2D eigenvalue weighted by Gasteiger charge is 1.97. The van der Waals surface area contributed by atoms with Crippen LogP contribution in [-0.2, 0) is 6.54 Å². The second-order valence-corrected chi connectivity index (χ2v) is 4.54. The molecule has 0 radical (unpaired) electrons. The van der Waals surface area contributed by atoms with Gasteiger partial charge in [-0.2, -0.15) is 5.10 Å². The maximum absolute atomic E-state index is 12.7. The van der Waals surface area contributed by atoms with Gasteiger partial charge >= 0.3 is 0 Å². The van der Waals surface area contributed by atoms with Crippen LogP contribution in [0.15, 0.2) is 45.9 Å². The molecule has 0 saturated heterocycles. The van der Waals surface area contributed by atoms with E-state index in [9.17, 15) is 4.39 Å². The maximum atomic E-state index is 12.7. The van der Waals surface area contributed by atoms with Crippen LogP contribution in [0.1, 0.15) is 17.1 Å². The second-order valence-electron chi connectivity index (χ2n) is 4.13. The fourth-order valence-corrected chi connectivity index (χ4v) is 1.63. The summed E-state index contributed by atoms with van der Waals surface area (Å²) in [7, 11) is 0. The van der Waals surface area contributed by atoms with Gasteiger partial charge in [0.2, 0.25) is 0 Å². The predicted molar refractivity (Wildman–Crippen MR) is 80.0 cm³/mol. The second kappa shape index (κ2) is 6.81. The lowest BCUT2D eigenvalue weighted by Crippen LogP contribution is -2.31. The van der Waals surface area contributed by atoms with Crippen LogP contribution in [0.2, 0.25) is 0 Å². The molecule has 104 valence electrons. The summed E-state index contributed by atoms with van der Waals surface area (Å²) in [4.78, 5) is 0. The Labute approximate surface area is 121 Å². The van der Waals surface area contributed by atoms with Crippen LogP contribution in [0.5, 0.6) is 0 Å². The summed E-state index contributed by atoms with van der Waals surface area (Å²) in [5, 5.41) is 7.30. The molecule has 1 aromatic heterocycles. The zero-order chi connectivity index (χ0) is 14.4. The molecule has 0 saturated carbocycles. The lowest BCUT2D eigenvalue weighted by molar-refractivity contribution is 0.527. The summed E-state index contributed by atoms with van der Waals surface area (Å²) in [5.41, 5.74) is 3.61. The van der Waals surface area contributed by atoms with Crippen LogP contribution < -0.4 is 10.7 Å². The van der Waals surface area contributed by atoms with Crippen LogP contribution in [0, 0.1) is 12.7 Å². The molecule has 6 heteroatoms. The van der Waals surface area contributed by atoms with Crippen LogP contribution in [0.25, 0.3) is 0 Å². The number of nitrogens with zero attached hydrogens (tertiary/aromatic N) is 1. The zero-order valence-corrected chi connectivity index (χ0v) is 11.7. The molecule has 1 aromatic carbocycles. The third kappa shape index (κ3) is 4.47. The lowest BCUT2D eigenvalue weighted by Gasteiger charge is -2.06. The van der Waals surface area contributed by atoms with Gasteiger partial charge < -0.3 is 9.73 Å². The van der Waals surface area contributed by atoms with Crippen molar-refractivity contribution in [2.75, 3.05) is 0 Å². The molecule has 2 N–H and O–H groups in total. The van der Waals surface area contributed by atoms with E-state index in [0.29, 0.717) is 17.4 Å². The van der Waals surface area contributed by atoms with Crippen LogP contribution in [-0.4, -0.2) is 11.3 Å². The minimum atomic E-state index is -0.257. The van der Waals surface area contributed by atoms with Gasteiger partial charge in [0.15, 0.2) is 5.11 Å². The molecular formula is C14H14FN3OS. The van der Waals surface area contributed by atoms with Crippen molar-refractivity contribution in [2.45, 2.75) is 13.5 Å². The van der Waals surface area contributed by atoms with Gasteiger partial charge in [0.1, 0.15) is 17.3 Å². The molecule has 0 aliphatic heterocycles. The quantitative estimate of drug-likeness (QED) is 0.516. The molecule has 0 bridgehead atoms. The Morgan fingerprint density at radius 2 is 2.05 bits per heavy atom. The standard InChI is InChI=1S/C14H14FN3OS/c1-10-2-7-13(19-10)9-17-18-14(20)16-8-11-3-5-12(15)6-4-11/h2-7,9H,8H2,1H3,(H2,16,18,20)/b17-9-. The molecule has 1 heterocycles. The van der Waals surface area contributed by atoms with Gasteiger partial charge in [-0.15, -0.1) is 0 Å². The van der Waals surface area contributed by atoms with Crippen LogP contribution in [0.3, 0.4) is 0 Å². The average Bonchev–Trinajstić information content (AvgIpc) is 2.84. The summed E-state index contributed by atoms with van der Waals surface area (Å²) >= 11 is 5.06. The van der Waals surface area contributed by atoms with E-state index in [1.165, 1.54) is 12.1 Å². The monoisotopic (exact) mass is 291 g/mol. The van der Waals surface area contributed by atoms with Crippen molar-refractivity contribution in [3.05, 3.63) is 59.3 Å². The minimum Gasteiger partial charge on any atom is -0.460 e. The first-order valence-electron chi connectivity index (χ1n) is 6.01. The van der Waals surface area contributed by atoms with Crippen molar-refractivity contribution in [2.24, 2.45) is 5.10 Å². The van der Waals surface area contributed by atoms with Crippen molar-refractivity contribution in [3.8, 4) is 0 Å². The van der Waals surface area contributed by atoms with Crippen molar-refractivity contribution >= 4 is 23.5 Å². The third-order valence-corrected chi connectivity index (χ3v) is 2.72. The first-order chi connectivity index (χ1) is 9.63. The number of hydrogen-bond acceptors (Lipinski definition) is 3. The maximum Gasteiger partial charge on any atom is 0.187 e. The topological polar surface area (TPSA) is 49.6 Å². The SMILES string of the molecule is Cc1ccc(/C=N\NC(=S)NCc2ccc(F)cc2)o1. The minimum absolute atomic E-state index is 0.257. The van der Waals surface area contributed by atoms with Gasteiger partial charge in [0.25, 0.3) is 0 Å². The third-order valence-electron chi connectivity index (χ3n) is 2.49. The number of hydrazone groups is 1. The Morgan fingerprint density at radius 3 is 2.70 bits per heavy atom. The van der Waals surface area contributed by atoms with Gasteiger partial charge in [0.05, 0.1) is 6.21 Å². The molecule has 0 unspecified atom stereocenters. The molecule has 20 heavy (non-hydrogen) atoms. The van der Waals surface area contributed by atoms with Crippen molar-refractivity contribution in [1.29, 1.82) is 0 Å². The number of thiocarbonyl (C=S) groups is 1. The number of halogens is 1. The van der Waals surface area contributed by atoms with E-state index in [0.717, 1.165) is 11.3 Å². The van der Waals surface area contributed by atoms with Crippen LogP contribution >= 0.6 is 12.2 Å². The Bertz CT molecular complexity index is 607. The molecule has 0 atom stereocenters. The van der Waals surface area contributed by atoms with Gasteiger partial charge in [0, 0.05) is 6.54 Å². The van der Waals surface area contributed by atoms with Crippen LogP contribution in [0.4, 0.5) is 4.39 Å². The smallest absolute Gasteiger partial charge is 0.187 e. The number of nitrogens with one attached hydrogen (secondary N) is 2. The number of furan rings is 1. The highest BCUT2D eigenvalue weighted by Crippen LogP contribution is 2.03. The molecule has 0 spiro atoms. The number of hydrogen-bond donors (Lipinski definition) is 2. The summed E-state index contributed by atoms with van der Waals surface area (Å²) in [6.07, 6.45) is 1.54. The van der Waals surface area contributed by atoms with Crippen molar-refractivity contribution in [1.82, 2.24) is 10.7 Å². The summed E-state index contributed by atoms with van der Waals surface area (Å²) < 4.78 is 18.0. The Morgan fingerprint density at radius 1 is 1.30 bits per heavy atom. The summed E-state index contributed by atoms with van der Waals surface area (Å²) in [6.45, 7) is 2.36. The van der Waals surface area contributed by atoms with Crippen molar-refractivity contribution < 1.29 is 8.81 Å². The molecule has 0 fully saturated rings. The molecule has 2 rings (SSSR count). The van der Waals surface area contributed by atoms with Gasteiger partial charge in [-0.25, -0.2) is 4.39 Å². The molecular weight excluding hydrogens is 277 g/mol. The van der Waals surface area contributed by atoms with Gasteiger partial charge in [-0.1, -0.05) is 12.1 Å². The van der Waals surface area contributed by atoms with E-state index >= 15 is 0 Å². The largest absolute Gasteiger partial charge is 0.460 e. The average molecular weight is 291 g/mol. The van der Waals surface area contributed by atoms with E-state index in [-0.39, 0.29) is 5.82 Å². The molecule has 2 aromatic rings. The molecule has 4 nitrogen and oxygen atoms in total. The predicted octanol–water partition coefficient (Wildman–Crippen LogP) is 2.73. The van der Waals surface area contributed by atoms with E-state index < -0.39 is 0 Å². The van der Waals surface area contributed by atoms with Gasteiger partial charge in [-0.05, 0) is 49.0 Å². The lowest BCUT2D eigenvalue weighted by atomic mass is 10.2. The molecule has 0 aliphatic carbocycles. The Kier molecular flexibility index (Phi) is 4.84. The zero-order valence-electron chi connectivity index (χ0n) is 10.9. The fourth-order valence-electron chi connectivity index (χ4n) is 1.50. The molecule has 0 amide bonds. The first kappa shape index (κ1) is 14.2. The summed E-state index contributed by atoms with van der Waals surface area (Å²) in [6, 6.07) is 9.87. The van der Waals surface area contributed by atoms with Gasteiger partial charge in [-0.3, -0.25) is 5.43 Å². The number of aryl methyl sites for hydroxylation is 1. The number of rotatable bonds is 4. The van der Waals surface area contributed by atoms with E-state index in [2.05, 4.69) is 15.8 Å². The highest BCUT2D eigenvalue weighted by atomic mass is 32.1. The Balaban J connectivity index is 1.75. The molecule has 0 aliphatic rings. The Hall–Kier alpha value is -2.21. The van der Waals surface area contributed by atoms with E-state index in [1.54, 1.807) is 18.3 Å². The number of benzene rings is 1. The summed E-state index contributed by atoms with van der Waals surface area (Å²) in [5.74, 6) is 1.22. The highest BCUT2D eigenvalue weighted by molar-refractivity contribution is 7.80. The first-order valence-corrected chi connectivity index (χ1v) is 6.42. The van der Waals surface area contributed by atoms with E-state index in [4.69, 9.17) is 16.6 Å². The van der Waals surface area contributed by atoms with Crippen molar-refractivity contribution in [3.63, 3.8) is 0 Å². The van der Waals surface area contributed by atoms with E-state index in [1.807, 2.05) is 19.1 Å². The fraction of sp³-hybridized carbons (Fsp3) is 0.143.